The second kappa shape index (κ2) is 9.23. The lowest BCUT2D eigenvalue weighted by atomic mass is 10.0. The van der Waals surface area contributed by atoms with Crippen molar-refractivity contribution in [3.8, 4) is 5.75 Å². The average molecular weight is 456 g/mol. The summed E-state index contributed by atoms with van der Waals surface area (Å²) in [6.07, 6.45) is -3.98. The van der Waals surface area contributed by atoms with Gasteiger partial charge in [0.25, 0.3) is 5.69 Å². The van der Waals surface area contributed by atoms with Gasteiger partial charge in [-0.25, -0.2) is 0 Å². The van der Waals surface area contributed by atoms with Crippen molar-refractivity contribution >= 4 is 5.69 Å². The van der Waals surface area contributed by atoms with E-state index in [-0.39, 0.29) is 17.8 Å². The van der Waals surface area contributed by atoms with Gasteiger partial charge in [-0.1, -0.05) is 36.4 Å². The molecule has 2 unspecified atom stereocenters. The first kappa shape index (κ1) is 22.8. The Balaban J connectivity index is 1.58. The van der Waals surface area contributed by atoms with Crippen LogP contribution in [0.2, 0.25) is 0 Å². The molecule has 4 rings (SSSR count). The van der Waals surface area contributed by atoms with Crippen molar-refractivity contribution in [1.29, 1.82) is 0 Å². The van der Waals surface area contributed by atoms with E-state index in [1.165, 1.54) is 24.3 Å². The Bertz CT molecular complexity index is 1110. The summed E-state index contributed by atoms with van der Waals surface area (Å²) < 4.78 is 44.9. The monoisotopic (exact) mass is 456 g/mol. The molecule has 3 aromatic rings. The van der Waals surface area contributed by atoms with Crippen LogP contribution in [0.15, 0.2) is 72.8 Å². The van der Waals surface area contributed by atoms with Gasteiger partial charge in [-0.15, -0.1) is 0 Å². The molecule has 0 spiro atoms. The molecule has 2 atom stereocenters. The van der Waals surface area contributed by atoms with Crippen LogP contribution in [0.3, 0.4) is 0 Å². The second-order valence-electron chi connectivity index (χ2n) is 8.10. The van der Waals surface area contributed by atoms with E-state index >= 15 is 0 Å². The van der Waals surface area contributed by atoms with Gasteiger partial charge in [0, 0.05) is 31.3 Å². The number of nitro groups is 1. The van der Waals surface area contributed by atoms with Gasteiger partial charge < -0.3 is 4.74 Å². The zero-order valence-electron chi connectivity index (χ0n) is 18.0. The Morgan fingerprint density at radius 1 is 1.03 bits per heavy atom. The molecular weight excluding hydrogens is 433 g/mol. The largest absolute Gasteiger partial charge is 0.484 e. The molecule has 1 heterocycles. The standard InChI is InChI=1S/C25H23F3N2O3/c1-17(18-6-10-21(11-7-18)30(31)32)29-15-14-19-4-2-3-5-23(19)24(16-29)33-22-12-8-20(9-13-22)25(26,27)28/h2-13,17,24H,14-16H2,1H3. The molecule has 5 nitrogen and oxygen atoms in total. The summed E-state index contributed by atoms with van der Waals surface area (Å²) in [4.78, 5) is 12.8. The number of benzene rings is 3. The summed E-state index contributed by atoms with van der Waals surface area (Å²) in [6, 6.07) is 19.1. The fourth-order valence-electron chi connectivity index (χ4n) is 4.17. The molecule has 0 saturated carbocycles. The van der Waals surface area contributed by atoms with E-state index in [1.54, 1.807) is 12.1 Å². The number of halogens is 3. The zero-order valence-corrected chi connectivity index (χ0v) is 18.0. The molecule has 1 aliphatic rings. The molecule has 0 fully saturated rings. The van der Waals surface area contributed by atoms with Crippen LogP contribution in [0.25, 0.3) is 0 Å². The first-order valence-electron chi connectivity index (χ1n) is 10.6. The highest BCUT2D eigenvalue weighted by atomic mass is 19.4. The van der Waals surface area contributed by atoms with Crippen molar-refractivity contribution in [3.63, 3.8) is 0 Å². The Labute approximate surface area is 189 Å². The summed E-state index contributed by atoms with van der Waals surface area (Å²) in [5.41, 5.74) is 2.41. The van der Waals surface area contributed by atoms with Crippen molar-refractivity contribution in [2.24, 2.45) is 0 Å². The van der Waals surface area contributed by atoms with E-state index in [4.69, 9.17) is 4.74 Å². The quantitative estimate of drug-likeness (QED) is 0.331. The average Bonchev–Trinajstić information content (AvgIpc) is 2.98. The SMILES string of the molecule is CC(c1ccc([N+](=O)[O-])cc1)N1CCc2ccccc2C(Oc2ccc(C(F)(F)F)cc2)C1. The Kier molecular flexibility index (Phi) is 6.37. The van der Waals surface area contributed by atoms with Crippen LogP contribution in [0.5, 0.6) is 5.75 Å². The highest BCUT2D eigenvalue weighted by molar-refractivity contribution is 5.36. The van der Waals surface area contributed by atoms with Crippen LogP contribution in [-0.2, 0) is 12.6 Å². The number of nitrogens with zero attached hydrogens (tertiary/aromatic N) is 2. The van der Waals surface area contributed by atoms with Gasteiger partial charge in [-0.3, -0.25) is 15.0 Å². The smallest absolute Gasteiger partial charge is 0.416 e. The zero-order chi connectivity index (χ0) is 23.6. The summed E-state index contributed by atoms with van der Waals surface area (Å²) >= 11 is 0. The van der Waals surface area contributed by atoms with Crippen molar-refractivity contribution in [3.05, 3.63) is 105 Å². The predicted molar refractivity (Wildman–Crippen MR) is 118 cm³/mol. The van der Waals surface area contributed by atoms with E-state index in [1.807, 2.05) is 31.2 Å². The number of nitro benzene ring substituents is 1. The summed E-state index contributed by atoms with van der Waals surface area (Å²) in [7, 11) is 0. The van der Waals surface area contributed by atoms with Gasteiger partial charge in [-0.2, -0.15) is 13.2 Å². The van der Waals surface area contributed by atoms with Crippen LogP contribution in [-0.4, -0.2) is 22.9 Å². The second-order valence-corrected chi connectivity index (χ2v) is 8.10. The van der Waals surface area contributed by atoms with Crippen LogP contribution in [0, 0.1) is 10.1 Å². The molecular formula is C25H23F3N2O3. The minimum absolute atomic E-state index is 0.0289. The minimum Gasteiger partial charge on any atom is -0.484 e. The van der Waals surface area contributed by atoms with Crippen molar-refractivity contribution in [2.45, 2.75) is 31.7 Å². The lowest BCUT2D eigenvalue weighted by Gasteiger charge is -2.31. The molecule has 33 heavy (non-hydrogen) atoms. The molecule has 3 aromatic carbocycles. The molecule has 172 valence electrons. The molecule has 0 amide bonds. The van der Waals surface area contributed by atoms with Crippen molar-refractivity contribution < 1.29 is 22.8 Å². The van der Waals surface area contributed by atoms with Gasteiger partial charge in [0.2, 0.25) is 0 Å². The van der Waals surface area contributed by atoms with Gasteiger partial charge in [0.05, 0.1) is 10.5 Å². The normalized spacial score (nSPS) is 17.6. The van der Waals surface area contributed by atoms with Crippen molar-refractivity contribution in [2.75, 3.05) is 13.1 Å². The van der Waals surface area contributed by atoms with Gasteiger partial charge in [-0.05, 0) is 54.3 Å². The summed E-state index contributed by atoms with van der Waals surface area (Å²) in [5.74, 6) is 0.368. The maximum atomic E-state index is 12.9. The van der Waals surface area contributed by atoms with Crippen LogP contribution in [0.4, 0.5) is 18.9 Å². The predicted octanol–water partition coefficient (Wildman–Crippen LogP) is 6.35. The number of fused-ring (bicyclic) bond motifs is 1. The number of non-ortho nitro benzene ring substituents is 1. The Morgan fingerprint density at radius 2 is 1.70 bits per heavy atom. The molecule has 0 bridgehead atoms. The fourth-order valence-corrected chi connectivity index (χ4v) is 4.17. The van der Waals surface area contributed by atoms with Crippen LogP contribution < -0.4 is 4.74 Å². The number of hydrogen-bond acceptors (Lipinski definition) is 4. The molecule has 0 N–H and O–H groups in total. The van der Waals surface area contributed by atoms with Crippen molar-refractivity contribution in [1.82, 2.24) is 4.90 Å². The maximum Gasteiger partial charge on any atom is 0.416 e. The fraction of sp³-hybridized carbons (Fsp3) is 0.280. The topological polar surface area (TPSA) is 55.6 Å². The lowest BCUT2D eigenvalue weighted by Crippen LogP contribution is -2.32. The molecule has 0 aromatic heterocycles. The third-order valence-corrected chi connectivity index (χ3v) is 6.06. The highest BCUT2D eigenvalue weighted by Gasteiger charge is 2.31. The third kappa shape index (κ3) is 5.17. The van der Waals surface area contributed by atoms with E-state index in [9.17, 15) is 23.3 Å². The first-order valence-corrected chi connectivity index (χ1v) is 10.6. The van der Waals surface area contributed by atoms with E-state index in [0.29, 0.717) is 12.3 Å². The molecule has 0 saturated heterocycles. The van der Waals surface area contributed by atoms with E-state index < -0.39 is 16.7 Å². The number of rotatable bonds is 5. The number of ether oxygens (including phenoxy) is 1. The lowest BCUT2D eigenvalue weighted by molar-refractivity contribution is -0.384. The molecule has 0 aliphatic carbocycles. The molecule has 8 heteroatoms. The van der Waals surface area contributed by atoms with Gasteiger partial charge in [0.15, 0.2) is 0 Å². The van der Waals surface area contributed by atoms with Crippen LogP contribution in [0.1, 0.15) is 41.3 Å². The minimum atomic E-state index is -4.40. The van der Waals surface area contributed by atoms with Gasteiger partial charge in [0.1, 0.15) is 11.9 Å². The van der Waals surface area contributed by atoms with E-state index in [2.05, 4.69) is 4.90 Å². The molecule has 0 radical (unpaired) electrons. The third-order valence-electron chi connectivity index (χ3n) is 6.06. The summed E-state index contributed by atoms with van der Waals surface area (Å²) in [5, 5.41) is 11.0. The molecule has 1 aliphatic heterocycles. The Hall–Kier alpha value is -3.39. The summed E-state index contributed by atoms with van der Waals surface area (Å²) in [6.45, 7) is 3.31. The van der Waals surface area contributed by atoms with Crippen LogP contribution >= 0.6 is 0 Å². The van der Waals surface area contributed by atoms with Gasteiger partial charge >= 0.3 is 6.18 Å². The highest BCUT2D eigenvalue weighted by Crippen LogP contribution is 2.34. The number of hydrogen-bond donors (Lipinski definition) is 0. The number of alkyl halides is 3. The first-order chi connectivity index (χ1) is 15.7. The van der Waals surface area contributed by atoms with E-state index in [0.717, 1.165) is 41.8 Å². The maximum absolute atomic E-state index is 12.9. The Morgan fingerprint density at radius 3 is 2.33 bits per heavy atom.